The predicted octanol–water partition coefficient (Wildman–Crippen LogP) is 1.91. The molecule has 1 nitrogen and oxygen atoms in total. The maximum absolute atomic E-state index is 3.08. The lowest BCUT2D eigenvalue weighted by Crippen LogP contribution is -1.95. The van der Waals surface area contributed by atoms with Crippen molar-refractivity contribution in [3.63, 3.8) is 0 Å². The first kappa shape index (κ1) is 7.66. The maximum atomic E-state index is 3.08. The minimum atomic E-state index is 0.687. The van der Waals surface area contributed by atoms with Gasteiger partial charge in [-0.15, -0.1) is 0 Å². The molecule has 0 atom stereocenters. The molecular formula is C4H11NS2. The number of nitrogens with one attached hydrogen (secondary N) is 1. The highest BCUT2D eigenvalue weighted by Crippen LogP contribution is 2.06. The molecule has 0 rings (SSSR count). The summed E-state index contributed by atoms with van der Waals surface area (Å²) < 4.78 is 3.08. The first-order valence-electron chi connectivity index (χ1n) is 2.21. The summed E-state index contributed by atoms with van der Waals surface area (Å²) in [4.78, 5) is 0. The zero-order valence-electron chi connectivity index (χ0n) is 4.89. The number of rotatable bonds is 3. The van der Waals surface area contributed by atoms with E-state index in [1.54, 1.807) is 23.9 Å². The summed E-state index contributed by atoms with van der Waals surface area (Å²) in [6.07, 6.45) is 2.02. The van der Waals surface area contributed by atoms with Crippen LogP contribution in [0.1, 0.15) is 13.8 Å². The molecular weight excluding hydrogens is 126 g/mol. The van der Waals surface area contributed by atoms with Crippen molar-refractivity contribution in [1.82, 2.24) is 4.13 Å². The van der Waals surface area contributed by atoms with Gasteiger partial charge >= 0.3 is 0 Å². The lowest BCUT2D eigenvalue weighted by molar-refractivity contribution is 1.11. The Kier molecular flexibility index (Phi) is 5.26. The highest BCUT2D eigenvalue weighted by Gasteiger charge is 1.88. The number of hydrogen-bond acceptors (Lipinski definition) is 3. The average Bonchev–Trinajstić information content (AvgIpc) is 1.61. The van der Waals surface area contributed by atoms with E-state index in [0.717, 1.165) is 0 Å². The molecule has 3 heteroatoms. The summed E-state index contributed by atoms with van der Waals surface area (Å²) >= 11 is 3.39. The van der Waals surface area contributed by atoms with Crippen LogP contribution in [0.3, 0.4) is 0 Å². The molecule has 0 aromatic carbocycles. The van der Waals surface area contributed by atoms with Gasteiger partial charge in [-0.1, -0.05) is 37.7 Å². The monoisotopic (exact) mass is 137 g/mol. The van der Waals surface area contributed by atoms with Gasteiger partial charge in [0.25, 0.3) is 0 Å². The molecule has 0 unspecified atom stereocenters. The Morgan fingerprint density at radius 2 is 2.00 bits per heavy atom. The third-order valence-electron chi connectivity index (χ3n) is 0.367. The van der Waals surface area contributed by atoms with Crippen molar-refractivity contribution in [2.75, 3.05) is 6.26 Å². The van der Waals surface area contributed by atoms with E-state index >= 15 is 0 Å². The fourth-order valence-electron chi connectivity index (χ4n) is 0.144. The van der Waals surface area contributed by atoms with Crippen LogP contribution in [0.4, 0.5) is 0 Å². The zero-order valence-corrected chi connectivity index (χ0v) is 6.53. The fraction of sp³-hybridized carbons (Fsp3) is 1.00. The molecule has 0 spiro atoms. The number of hydrogen-bond donors (Lipinski definition) is 1. The van der Waals surface area contributed by atoms with Gasteiger partial charge in [0.2, 0.25) is 0 Å². The van der Waals surface area contributed by atoms with Crippen LogP contribution in [-0.4, -0.2) is 11.5 Å². The zero-order chi connectivity index (χ0) is 5.70. The van der Waals surface area contributed by atoms with Crippen molar-refractivity contribution in [1.29, 1.82) is 0 Å². The van der Waals surface area contributed by atoms with Gasteiger partial charge in [-0.25, -0.2) is 4.13 Å². The van der Waals surface area contributed by atoms with Crippen molar-refractivity contribution in [3.05, 3.63) is 0 Å². The minimum absolute atomic E-state index is 0.687. The SMILES string of the molecule is CSNSC(C)C. The third-order valence-corrected chi connectivity index (χ3v) is 1.89. The molecule has 0 saturated carbocycles. The second-order valence-electron chi connectivity index (χ2n) is 1.45. The van der Waals surface area contributed by atoms with Gasteiger partial charge in [0.15, 0.2) is 0 Å². The van der Waals surface area contributed by atoms with Crippen molar-refractivity contribution in [3.8, 4) is 0 Å². The van der Waals surface area contributed by atoms with Gasteiger partial charge in [0.1, 0.15) is 0 Å². The molecule has 0 saturated heterocycles. The molecule has 0 fully saturated rings. The molecule has 0 radical (unpaired) electrons. The Hall–Kier alpha value is 0.660. The molecule has 0 aliphatic heterocycles. The van der Waals surface area contributed by atoms with E-state index in [4.69, 9.17) is 0 Å². The molecule has 0 heterocycles. The van der Waals surface area contributed by atoms with Crippen LogP contribution in [-0.2, 0) is 0 Å². The lowest BCUT2D eigenvalue weighted by atomic mass is 10.6. The van der Waals surface area contributed by atoms with Crippen molar-refractivity contribution in [2.24, 2.45) is 0 Å². The van der Waals surface area contributed by atoms with E-state index in [0.29, 0.717) is 5.25 Å². The van der Waals surface area contributed by atoms with Crippen LogP contribution in [0.2, 0.25) is 0 Å². The molecule has 0 aliphatic rings. The van der Waals surface area contributed by atoms with Gasteiger partial charge < -0.3 is 0 Å². The van der Waals surface area contributed by atoms with Crippen molar-refractivity contribution >= 4 is 23.9 Å². The summed E-state index contributed by atoms with van der Waals surface area (Å²) in [6.45, 7) is 4.32. The Balaban J connectivity index is 2.68. The summed E-state index contributed by atoms with van der Waals surface area (Å²) in [7, 11) is 0. The second-order valence-corrected chi connectivity index (χ2v) is 3.71. The molecule has 0 aromatic heterocycles. The predicted molar refractivity (Wildman–Crippen MR) is 39.4 cm³/mol. The van der Waals surface area contributed by atoms with Crippen LogP contribution >= 0.6 is 23.9 Å². The topological polar surface area (TPSA) is 12.0 Å². The first-order chi connectivity index (χ1) is 3.27. The maximum Gasteiger partial charge on any atom is 0.0144 e. The molecule has 7 heavy (non-hydrogen) atoms. The summed E-state index contributed by atoms with van der Waals surface area (Å²) in [5.74, 6) is 0. The van der Waals surface area contributed by atoms with E-state index in [9.17, 15) is 0 Å². The van der Waals surface area contributed by atoms with E-state index < -0.39 is 0 Å². The standard InChI is InChI=1S/C4H11NS2/c1-4(2)7-5-6-3/h4-5H,1-3H3. The van der Waals surface area contributed by atoms with Gasteiger partial charge in [-0.05, 0) is 6.26 Å². The van der Waals surface area contributed by atoms with Gasteiger partial charge in [0.05, 0.1) is 0 Å². The van der Waals surface area contributed by atoms with Crippen LogP contribution in [0.5, 0.6) is 0 Å². The first-order valence-corrected chi connectivity index (χ1v) is 4.31. The van der Waals surface area contributed by atoms with Crippen molar-refractivity contribution < 1.29 is 0 Å². The van der Waals surface area contributed by atoms with Gasteiger partial charge in [0, 0.05) is 5.25 Å². The Morgan fingerprint density at radius 3 is 2.14 bits per heavy atom. The van der Waals surface area contributed by atoms with Gasteiger partial charge in [-0.3, -0.25) is 0 Å². The van der Waals surface area contributed by atoms with E-state index in [1.165, 1.54) is 0 Å². The fourth-order valence-corrected chi connectivity index (χ4v) is 1.30. The van der Waals surface area contributed by atoms with Gasteiger partial charge in [-0.2, -0.15) is 0 Å². The van der Waals surface area contributed by atoms with E-state index in [2.05, 4.69) is 18.0 Å². The Morgan fingerprint density at radius 1 is 1.43 bits per heavy atom. The summed E-state index contributed by atoms with van der Waals surface area (Å²) in [5, 5.41) is 0.687. The van der Waals surface area contributed by atoms with E-state index in [1.807, 2.05) is 6.26 Å². The minimum Gasteiger partial charge on any atom is -0.208 e. The highest BCUT2D eigenvalue weighted by molar-refractivity contribution is 8.12. The third kappa shape index (κ3) is 6.66. The highest BCUT2D eigenvalue weighted by atomic mass is 32.2. The van der Waals surface area contributed by atoms with Crippen LogP contribution in [0.25, 0.3) is 0 Å². The molecule has 0 bridgehead atoms. The summed E-state index contributed by atoms with van der Waals surface area (Å²) in [6, 6.07) is 0. The molecule has 1 N–H and O–H groups in total. The lowest BCUT2D eigenvalue weighted by Gasteiger charge is -2.00. The van der Waals surface area contributed by atoms with E-state index in [-0.39, 0.29) is 0 Å². The Labute approximate surface area is 53.9 Å². The normalized spacial score (nSPS) is 10.3. The molecule has 0 aromatic rings. The molecule has 44 valence electrons. The quantitative estimate of drug-likeness (QED) is 0.597. The van der Waals surface area contributed by atoms with Crippen LogP contribution in [0.15, 0.2) is 0 Å². The average molecular weight is 137 g/mol. The second kappa shape index (κ2) is 4.81. The molecule has 0 amide bonds. The largest absolute Gasteiger partial charge is 0.208 e. The Bertz CT molecular complexity index is 38.7. The van der Waals surface area contributed by atoms with Crippen molar-refractivity contribution in [2.45, 2.75) is 19.1 Å². The van der Waals surface area contributed by atoms with Crippen LogP contribution in [0, 0.1) is 0 Å². The summed E-state index contributed by atoms with van der Waals surface area (Å²) in [5.41, 5.74) is 0. The smallest absolute Gasteiger partial charge is 0.0144 e. The van der Waals surface area contributed by atoms with Crippen LogP contribution < -0.4 is 4.13 Å². The molecule has 0 aliphatic carbocycles.